The number of aromatic nitrogens is 2. The molecule has 0 aliphatic rings. The molecule has 5 nitrogen and oxygen atoms in total. The Hall–Kier alpha value is -3.56. The van der Waals surface area contributed by atoms with Crippen LogP contribution in [0.15, 0.2) is 35.6 Å². The number of hydrogen-bond acceptors (Lipinski definition) is 5. The number of hydrogen-bond donors (Lipinski definition) is 1. The molecular formula is C19H13F5N4O. The minimum Gasteiger partial charge on any atom is -0.451 e. The van der Waals surface area contributed by atoms with Gasteiger partial charge in [-0.1, -0.05) is 0 Å². The van der Waals surface area contributed by atoms with Crippen LogP contribution in [0, 0.1) is 36.0 Å². The number of rotatable bonds is 4. The third-order valence-electron chi connectivity index (χ3n) is 4.01. The lowest BCUT2D eigenvalue weighted by atomic mass is 10.0. The summed E-state index contributed by atoms with van der Waals surface area (Å²) in [5, 5.41) is 0. The first kappa shape index (κ1) is 20.2. The first-order valence-corrected chi connectivity index (χ1v) is 8.09. The minimum absolute atomic E-state index is 0.0178. The van der Waals surface area contributed by atoms with E-state index in [1.54, 1.807) is 6.92 Å². The van der Waals surface area contributed by atoms with Crippen molar-refractivity contribution in [1.82, 2.24) is 9.97 Å². The van der Waals surface area contributed by atoms with E-state index in [0.29, 0.717) is 11.3 Å². The molecule has 0 atom stereocenters. The summed E-state index contributed by atoms with van der Waals surface area (Å²) in [4.78, 5) is 11.9. The quantitative estimate of drug-likeness (QED) is 0.396. The first-order chi connectivity index (χ1) is 13.7. The molecule has 0 aliphatic heterocycles. The molecule has 2 N–H and O–H groups in total. The molecule has 0 unspecified atom stereocenters. The van der Waals surface area contributed by atoms with Crippen LogP contribution in [0.5, 0.6) is 11.5 Å². The lowest BCUT2D eigenvalue weighted by Crippen LogP contribution is -2.13. The number of anilines is 1. The highest BCUT2D eigenvalue weighted by molar-refractivity contribution is 6.16. The lowest BCUT2D eigenvalue weighted by molar-refractivity contribution is 0.365. The SMILES string of the molecule is C/N=C(/c1ccc(Oc2c(F)c(F)cc(F)c2F)cc1F)c1c(C)ncnc1N. The monoisotopic (exact) mass is 408 g/mol. The summed E-state index contributed by atoms with van der Waals surface area (Å²) >= 11 is 0. The second kappa shape index (κ2) is 7.82. The van der Waals surface area contributed by atoms with Crippen molar-refractivity contribution in [1.29, 1.82) is 0 Å². The number of halogens is 5. The smallest absolute Gasteiger partial charge is 0.204 e. The highest BCUT2D eigenvalue weighted by Gasteiger charge is 2.23. The summed E-state index contributed by atoms with van der Waals surface area (Å²) in [5.74, 6) is -9.30. The van der Waals surface area contributed by atoms with E-state index in [2.05, 4.69) is 15.0 Å². The van der Waals surface area contributed by atoms with Gasteiger partial charge in [0.15, 0.2) is 11.6 Å². The number of benzene rings is 2. The topological polar surface area (TPSA) is 73.4 Å². The van der Waals surface area contributed by atoms with Crippen molar-refractivity contribution in [2.75, 3.05) is 12.8 Å². The van der Waals surface area contributed by atoms with Gasteiger partial charge in [0.1, 0.15) is 23.7 Å². The number of nitrogen functional groups attached to an aromatic ring is 1. The number of aliphatic imine (C=N–C) groups is 1. The molecule has 3 aromatic rings. The van der Waals surface area contributed by atoms with Crippen LogP contribution in [0.1, 0.15) is 16.8 Å². The predicted octanol–water partition coefficient (Wildman–Crippen LogP) is 4.32. The highest BCUT2D eigenvalue weighted by atomic mass is 19.2. The molecule has 0 saturated carbocycles. The third kappa shape index (κ3) is 3.73. The molecular weight excluding hydrogens is 395 g/mol. The number of nitrogens with two attached hydrogens (primary N) is 1. The number of nitrogens with zero attached hydrogens (tertiary/aromatic N) is 3. The zero-order valence-electron chi connectivity index (χ0n) is 15.1. The summed E-state index contributed by atoms with van der Waals surface area (Å²) in [6.45, 7) is 1.64. The molecule has 2 aromatic carbocycles. The molecule has 0 amide bonds. The maximum absolute atomic E-state index is 14.7. The number of aryl methyl sites for hydroxylation is 1. The van der Waals surface area contributed by atoms with Gasteiger partial charge in [-0.3, -0.25) is 4.99 Å². The highest BCUT2D eigenvalue weighted by Crippen LogP contribution is 2.32. The molecule has 0 fully saturated rings. The van der Waals surface area contributed by atoms with E-state index in [4.69, 9.17) is 10.5 Å². The Bertz CT molecular complexity index is 1090. The van der Waals surface area contributed by atoms with Gasteiger partial charge in [0, 0.05) is 24.7 Å². The molecule has 0 saturated heterocycles. The zero-order chi connectivity index (χ0) is 21.3. The Morgan fingerprint density at radius 1 is 0.966 bits per heavy atom. The number of ether oxygens (including phenoxy) is 1. The van der Waals surface area contributed by atoms with Gasteiger partial charge in [0.2, 0.25) is 17.4 Å². The van der Waals surface area contributed by atoms with Crippen molar-refractivity contribution < 1.29 is 26.7 Å². The van der Waals surface area contributed by atoms with Crippen LogP contribution < -0.4 is 10.5 Å². The van der Waals surface area contributed by atoms with Gasteiger partial charge in [0.25, 0.3) is 0 Å². The first-order valence-electron chi connectivity index (χ1n) is 8.09. The van der Waals surface area contributed by atoms with Gasteiger partial charge in [-0.25, -0.2) is 23.1 Å². The molecule has 150 valence electrons. The van der Waals surface area contributed by atoms with Crippen LogP contribution in [0.25, 0.3) is 0 Å². The Kier molecular flexibility index (Phi) is 5.44. The van der Waals surface area contributed by atoms with E-state index in [0.717, 1.165) is 12.1 Å². The second-order valence-corrected chi connectivity index (χ2v) is 5.83. The third-order valence-corrected chi connectivity index (χ3v) is 4.01. The standard InChI is InChI=1S/C19H13F5N4O/c1-8-14(19(25)28-7-27-8)17(26-2)10-4-3-9(5-11(10)20)29-18-15(23)12(21)6-13(22)16(18)24/h3-7H,1-2H3,(H2,25,27,28)/b26-17-. The van der Waals surface area contributed by atoms with Crippen molar-refractivity contribution in [3.05, 3.63) is 76.5 Å². The van der Waals surface area contributed by atoms with Crippen LogP contribution in [0.2, 0.25) is 0 Å². The van der Waals surface area contributed by atoms with E-state index >= 15 is 0 Å². The van der Waals surface area contributed by atoms with E-state index in [1.807, 2.05) is 0 Å². The molecule has 3 rings (SSSR count). The Balaban J connectivity index is 2.02. The van der Waals surface area contributed by atoms with E-state index in [-0.39, 0.29) is 23.2 Å². The molecule has 10 heteroatoms. The van der Waals surface area contributed by atoms with Crippen LogP contribution in [-0.4, -0.2) is 22.7 Å². The van der Waals surface area contributed by atoms with Gasteiger partial charge in [-0.2, -0.15) is 8.78 Å². The normalized spacial score (nSPS) is 11.6. The van der Waals surface area contributed by atoms with Crippen LogP contribution >= 0.6 is 0 Å². The Morgan fingerprint density at radius 2 is 1.62 bits per heavy atom. The fourth-order valence-corrected chi connectivity index (χ4v) is 2.66. The van der Waals surface area contributed by atoms with Crippen LogP contribution in [-0.2, 0) is 0 Å². The van der Waals surface area contributed by atoms with Crippen LogP contribution in [0.3, 0.4) is 0 Å². The maximum atomic E-state index is 14.7. The summed E-state index contributed by atoms with van der Waals surface area (Å²) in [6.07, 6.45) is 1.25. The molecule has 1 aromatic heterocycles. The summed E-state index contributed by atoms with van der Waals surface area (Å²) in [5.41, 5.74) is 6.73. The van der Waals surface area contributed by atoms with Crippen molar-refractivity contribution in [2.24, 2.45) is 4.99 Å². The van der Waals surface area contributed by atoms with Crippen LogP contribution in [0.4, 0.5) is 27.8 Å². The van der Waals surface area contributed by atoms with Gasteiger partial charge in [-0.15, -0.1) is 0 Å². The fourth-order valence-electron chi connectivity index (χ4n) is 2.66. The van der Waals surface area contributed by atoms with Gasteiger partial charge < -0.3 is 10.5 Å². The molecule has 1 heterocycles. The summed E-state index contributed by atoms with van der Waals surface area (Å²) in [7, 11) is 1.41. The molecule has 0 aliphatic carbocycles. The Morgan fingerprint density at radius 3 is 2.17 bits per heavy atom. The molecule has 0 spiro atoms. The van der Waals surface area contributed by atoms with Crippen molar-refractivity contribution in [3.63, 3.8) is 0 Å². The van der Waals surface area contributed by atoms with Gasteiger partial charge >= 0.3 is 0 Å². The van der Waals surface area contributed by atoms with Crippen molar-refractivity contribution in [3.8, 4) is 11.5 Å². The van der Waals surface area contributed by atoms with Crippen molar-refractivity contribution in [2.45, 2.75) is 6.92 Å². The molecule has 29 heavy (non-hydrogen) atoms. The van der Waals surface area contributed by atoms with E-state index in [1.165, 1.54) is 19.4 Å². The lowest BCUT2D eigenvalue weighted by Gasteiger charge is -2.13. The molecule has 0 bridgehead atoms. The predicted molar refractivity (Wildman–Crippen MR) is 95.5 cm³/mol. The average molecular weight is 408 g/mol. The largest absolute Gasteiger partial charge is 0.451 e. The van der Waals surface area contributed by atoms with Gasteiger partial charge in [0.05, 0.1) is 17.0 Å². The maximum Gasteiger partial charge on any atom is 0.204 e. The van der Waals surface area contributed by atoms with Crippen molar-refractivity contribution >= 4 is 11.5 Å². The summed E-state index contributed by atoms with van der Waals surface area (Å²) < 4.78 is 73.7. The zero-order valence-corrected chi connectivity index (χ0v) is 15.1. The Labute approximate surface area is 161 Å². The van der Waals surface area contributed by atoms with E-state index in [9.17, 15) is 22.0 Å². The van der Waals surface area contributed by atoms with Gasteiger partial charge in [-0.05, 0) is 19.1 Å². The minimum atomic E-state index is -1.74. The van der Waals surface area contributed by atoms with E-state index < -0.39 is 40.6 Å². The molecule has 0 radical (unpaired) electrons. The summed E-state index contributed by atoms with van der Waals surface area (Å²) in [6, 6.07) is 3.20. The average Bonchev–Trinajstić information content (AvgIpc) is 2.67. The fraction of sp³-hybridized carbons (Fsp3) is 0.105. The second-order valence-electron chi connectivity index (χ2n) is 5.83.